The van der Waals surface area contributed by atoms with Crippen LogP contribution in [0.5, 0.6) is 0 Å². The SMILES string of the molecule is C/C=C\C=C(/C)CC(N)=NC.CC. The van der Waals surface area contributed by atoms with E-state index in [0.717, 1.165) is 6.42 Å². The number of allylic oxidation sites excluding steroid dienone is 3. The molecule has 2 heteroatoms. The van der Waals surface area contributed by atoms with Crippen LogP contribution in [0.25, 0.3) is 0 Å². The van der Waals surface area contributed by atoms with Gasteiger partial charge in [0.05, 0.1) is 5.84 Å². The zero-order valence-electron chi connectivity index (χ0n) is 9.46. The molecule has 0 atom stereocenters. The monoisotopic (exact) mass is 182 g/mol. The van der Waals surface area contributed by atoms with Crippen molar-refractivity contribution < 1.29 is 0 Å². The van der Waals surface area contributed by atoms with Crippen molar-refractivity contribution in [3.05, 3.63) is 23.8 Å². The van der Waals surface area contributed by atoms with Crippen LogP contribution in [0.4, 0.5) is 0 Å². The highest BCUT2D eigenvalue weighted by atomic mass is 14.8. The Morgan fingerprint density at radius 1 is 1.38 bits per heavy atom. The molecule has 0 radical (unpaired) electrons. The van der Waals surface area contributed by atoms with Crippen LogP contribution in [-0.4, -0.2) is 12.9 Å². The zero-order chi connectivity index (χ0) is 10.7. The summed E-state index contributed by atoms with van der Waals surface area (Å²) in [7, 11) is 1.71. The molecule has 2 nitrogen and oxygen atoms in total. The van der Waals surface area contributed by atoms with Crippen molar-refractivity contribution >= 4 is 5.84 Å². The standard InChI is InChI=1S/C9H16N2.C2H6/c1-4-5-6-8(2)7-9(10)11-3;1-2/h4-6H,7H2,1-3H3,(H2,10,11);1-2H3/b5-4-,8-6+;. The number of amidine groups is 1. The summed E-state index contributed by atoms with van der Waals surface area (Å²) < 4.78 is 0. The van der Waals surface area contributed by atoms with Gasteiger partial charge in [-0.3, -0.25) is 4.99 Å². The summed E-state index contributed by atoms with van der Waals surface area (Å²) in [4.78, 5) is 3.87. The molecule has 0 aliphatic carbocycles. The van der Waals surface area contributed by atoms with Gasteiger partial charge in [-0.05, 0) is 13.8 Å². The molecular weight excluding hydrogens is 160 g/mol. The molecule has 0 bridgehead atoms. The Labute approximate surface area is 82.3 Å². The van der Waals surface area contributed by atoms with Crippen molar-refractivity contribution in [3.8, 4) is 0 Å². The van der Waals surface area contributed by atoms with Crippen LogP contribution in [0.2, 0.25) is 0 Å². The number of nitrogens with two attached hydrogens (primary N) is 1. The minimum Gasteiger partial charge on any atom is -0.387 e. The first-order valence-electron chi connectivity index (χ1n) is 4.70. The van der Waals surface area contributed by atoms with Gasteiger partial charge in [0.1, 0.15) is 0 Å². The van der Waals surface area contributed by atoms with Crippen molar-refractivity contribution in [3.63, 3.8) is 0 Å². The highest BCUT2D eigenvalue weighted by Gasteiger charge is 1.90. The molecule has 0 saturated carbocycles. The van der Waals surface area contributed by atoms with E-state index < -0.39 is 0 Å². The fraction of sp³-hybridized carbons (Fsp3) is 0.545. The van der Waals surface area contributed by atoms with Crippen LogP contribution < -0.4 is 5.73 Å². The van der Waals surface area contributed by atoms with Crippen molar-refractivity contribution in [2.75, 3.05) is 7.05 Å². The van der Waals surface area contributed by atoms with Gasteiger partial charge in [-0.1, -0.05) is 37.6 Å². The topological polar surface area (TPSA) is 38.4 Å². The molecule has 0 fully saturated rings. The van der Waals surface area contributed by atoms with Gasteiger partial charge in [-0.15, -0.1) is 0 Å². The first-order valence-corrected chi connectivity index (χ1v) is 4.70. The number of nitrogens with zero attached hydrogens (tertiary/aromatic N) is 1. The molecule has 0 aromatic rings. The van der Waals surface area contributed by atoms with Crippen LogP contribution in [0.3, 0.4) is 0 Å². The van der Waals surface area contributed by atoms with Crippen molar-refractivity contribution in [1.82, 2.24) is 0 Å². The largest absolute Gasteiger partial charge is 0.387 e. The summed E-state index contributed by atoms with van der Waals surface area (Å²) in [6, 6.07) is 0. The third kappa shape index (κ3) is 10.9. The van der Waals surface area contributed by atoms with E-state index in [1.54, 1.807) is 7.05 Å². The predicted molar refractivity (Wildman–Crippen MR) is 62.1 cm³/mol. The Bertz CT molecular complexity index is 188. The number of hydrogen-bond donors (Lipinski definition) is 1. The molecule has 13 heavy (non-hydrogen) atoms. The van der Waals surface area contributed by atoms with E-state index >= 15 is 0 Å². The lowest BCUT2D eigenvalue weighted by Crippen LogP contribution is -2.11. The quantitative estimate of drug-likeness (QED) is 0.407. The van der Waals surface area contributed by atoms with Crippen molar-refractivity contribution in [1.29, 1.82) is 0 Å². The summed E-state index contributed by atoms with van der Waals surface area (Å²) in [6.45, 7) is 8.03. The van der Waals surface area contributed by atoms with E-state index in [2.05, 4.69) is 4.99 Å². The first-order chi connectivity index (χ1) is 6.20. The Kier molecular flexibility index (Phi) is 12.2. The minimum atomic E-state index is 0.684. The molecule has 0 aliphatic rings. The van der Waals surface area contributed by atoms with Crippen LogP contribution in [-0.2, 0) is 0 Å². The van der Waals surface area contributed by atoms with E-state index in [9.17, 15) is 0 Å². The molecule has 0 heterocycles. The van der Waals surface area contributed by atoms with Gasteiger partial charge >= 0.3 is 0 Å². The molecule has 0 unspecified atom stereocenters. The Hall–Kier alpha value is -1.05. The van der Waals surface area contributed by atoms with Gasteiger partial charge in [0, 0.05) is 13.5 Å². The molecule has 0 aromatic carbocycles. The van der Waals surface area contributed by atoms with Gasteiger partial charge in [0.25, 0.3) is 0 Å². The second kappa shape index (κ2) is 11.0. The predicted octanol–water partition coefficient (Wildman–Crippen LogP) is 2.91. The molecule has 2 N–H and O–H groups in total. The van der Waals surface area contributed by atoms with Crippen LogP contribution in [0, 0.1) is 0 Å². The summed E-state index contributed by atoms with van der Waals surface area (Å²) >= 11 is 0. The van der Waals surface area contributed by atoms with Gasteiger partial charge in [-0.2, -0.15) is 0 Å². The Morgan fingerprint density at radius 3 is 2.31 bits per heavy atom. The lowest BCUT2D eigenvalue weighted by Gasteiger charge is -1.97. The average Bonchev–Trinajstić information content (AvgIpc) is 2.17. The molecule has 76 valence electrons. The zero-order valence-corrected chi connectivity index (χ0v) is 9.46. The molecule has 0 saturated heterocycles. The third-order valence-electron chi connectivity index (χ3n) is 1.32. The molecule has 0 aromatic heterocycles. The van der Waals surface area contributed by atoms with Crippen LogP contribution >= 0.6 is 0 Å². The van der Waals surface area contributed by atoms with Gasteiger partial charge in [0.15, 0.2) is 0 Å². The van der Waals surface area contributed by atoms with E-state index in [1.165, 1.54) is 5.57 Å². The number of hydrogen-bond acceptors (Lipinski definition) is 1. The van der Waals surface area contributed by atoms with E-state index in [0.29, 0.717) is 5.84 Å². The summed E-state index contributed by atoms with van der Waals surface area (Å²) in [5.41, 5.74) is 6.76. The lowest BCUT2D eigenvalue weighted by atomic mass is 10.2. The second-order valence-corrected chi connectivity index (χ2v) is 2.43. The van der Waals surface area contributed by atoms with Crippen LogP contribution in [0.15, 0.2) is 28.8 Å². The normalized spacial score (nSPS) is 12.7. The van der Waals surface area contributed by atoms with E-state index in [1.807, 2.05) is 45.9 Å². The average molecular weight is 182 g/mol. The maximum Gasteiger partial charge on any atom is 0.0974 e. The highest BCUT2D eigenvalue weighted by Crippen LogP contribution is 1.99. The van der Waals surface area contributed by atoms with Crippen molar-refractivity contribution in [2.24, 2.45) is 10.7 Å². The first kappa shape index (κ1) is 14.5. The summed E-state index contributed by atoms with van der Waals surface area (Å²) in [6.07, 6.45) is 6.79. The lowest BCUT2D eigenvalue weighted by molar-refractivity contribution is 1.21. The number of rotatable bonds is 3. The van der Waals surface area contributed by atoms with E-state index in [-0.39, 0.29) is 0 Å². The van der Waals surface area contributed by atoms with Gasteiger partial charge in [0.2, 0.25) is 0 Å². The Balaban J connectivity index is 0. The fourth-order valence-electron chi connectivity index (χ4n) is 0.684. The second-order valence-electron chi connectivity index (χ2n) is 2.43. The van der Waals surface area contributed by atoms with Gasteiger partial charge in [-0.25, -0.2) is 0 Å². The van der Waals surface area contributed by atoms with E-state index in [4.69, 9.17) is 5.73 Å². The van der Waals surface area contributed by atoms with Crippen LogP contribution in [0.1, 0.15) is 34.1 Å². The molecule has 0 spiro atoms. The highest BCUT2D eigenvalue weighted by molar-refractivity contribution is 5.82. The summed E-state index contributed by atoms with van der Waals surface area (Å²) in [5.74, 6) is 0.684. The third-order valence-corrected chi connectivity index (χ3v) is 1.32. The molecule has 0 aliphatic heterocycles. The van der Waals surface area contributed by atoms with Gasteiger partial charge < -0.3 is 5.73 Å². The summed E-state index contributed by atoms with van der Waals surface area (Å²) in [5, 5.41) is 0. The Morgan fingerprint density at radius 2 is 1.92 bits per heavy atom. The smallest absolute Gasteiger partial charge is 0.0974 e. The fourth-order valence-corrected chi connectivity index (χ4v) is 0.684. The van der Waals surface area contributed by atoms with Crippen molar-refractivity contribution in [2.45, 2.75) is 34.1 Å². The maximum absolute atomic E-state index is 5.53. The molecule has 0 rings (SSSR count). The number of aliphatic imine (C=N–C) groups is 1. The minimum absolute atomic E-state index is 0.684. The molecule has 0 amide bonds. The maximum atomic E-state index is 5.53. The molecular formula is C11H22N2.